The van der Waals surface area contributed by atoms with Crippen LogP contribution in [-0.2, 0) is 9.53 Å². The molecule has 1 fully saturated rings. The molecule has 1 aromatic carbocycles. The van der Waals surface area contributed by atoms with Gasteiger partial charge in [-0.15, -0.1) is 0 Å². The van der Waals surface area contributed by atoms with Gasteiger partial charge in [-0.1, -0.05) is 30.3 Å². The van der Waals surface area contributed by atoms with E-state index in [4.69, 9.17) is 4.74 Å². The molecule has 0 N–H and O–H groups in total. The highest BCUT2D eigenvalue weighted by molar-refractivity contribution is 5.93. The number of hydrogen-bond acceptors (Lipinski definition) is 3. The van der Waals surface area contributed by atoms with Crippen LogP contribution in [0.5, 0.6) is 0 Å². The first-order valence-corrected chi connectivity index (χ1v) is 7.04. The fraction of sp³-hybridized carbons (Fsp3) is 0.500. The van der Waals surface area contributed by atoms with E-state index in [9.17, 15) is 4.79 Å². The summed E-state index contributed by atoms with van der Waals surface area (Å²) in [5, 5.41) is 6.21. The number of hydrogen-bond donors (Lipinski definition) is 0. The van der Waals surface area contributed by atoms with Gasteiger partial charge in [-0.2, -0.15) is 5.10 Å². The second-order valence-corrected chi connectivity index (χ2v) is 6.16. The highest BCUT2D eigenvalue weighted by Crippen LogP contribution is 2.41. The standard InChI is InChI=1S/C16H20N2O2/c1-11(19)18-15(12-7-5-4-6-8-12)13-10-20-16(2,3)9-14(13)17-18/h4-8,13,15H,9-10H2,1-3H3/t13-,15+/m1/s1. The van der Waals surface area contributed by atoms with E-state index in [-0.39, 0.29) is 23.5 Å². The molecule has 4 heteroatoms. The van der Waals surface area contributed by atoms with Gasteiger partial charge in [0.05, 0.1) is 18.2 Å². The maximum atomic E-state index is 11.9. The van der Waals surface area contributed by atoms with Crippen molar-refractivity contribution in [2.24, 2.45) is 11.0 Å². The number of nitrogens with zero attached hydrogens (tertiary/aromatic N) is 2. The summed E-state index contributed by atoms with van der Waals surface area (Å²) in [4.78, 5) is 11.9. The largest absolute Gasteiger partial charge is 0.374 e. The Kier molecular flexibility index (Phi) is 3.13. The second kappa shape index (κ2) is 4.70. The van der Waals surface area contributed by atoms with Crippen LogP contribution in [0.3, 0.4) is 0 Å². The lowest BCUT2D eigenvalue weighted by Crippen LogP contribution is -2.41. The van der Waals surface area contributed by atoms with Crippen LogP contribution in [0.2, 0.25) is 0 Å². The summed E-state index contributed by atoms with van der Waals surface area (Å²) in [6, 6.07) is 10.1. The zero-order chi connectivity index (χ0) is 14.3. The van der Waals surface area contributed by atoms with Crippen LogP contribution in [0.1, 0.15) is 38.8 Å². The lowest BCUT2D eigenvalue weighted by Gasteiger charge is -2.35. The highest BCUT2D eigenvalue weighted by atomic mass is 16.5. The summed E-state index contributed by atoms with van der Waals surface area (Å²) < 4.78 is 5.94. The van der Waals surface area contributed by atoms with Crippen molar-refractivity contribution < 1.29 is 9.53 Å². The van der Waals surface area contributed by atoms with Gasteiger partial charge < -0.3 is 4.74 Å². The van der Waals surface area contributed by atoms with Crippen molar-refractivity contribution in [3.8, 4) is 0 Å². The Morgan fingerprint density at radius 3 is 2.70 bits per heavy atom. The molecule has 4 nitrogen and oxygen atoms in total. The van der Waals surface area contributed by atoms with Gasteiger partial charge in [0.2, 0.25) is 5.91 Å². The quantitative estimate of drug-likeness (QED) is 0.789. The van der Waals surface area contributed by atoms with Crippen LogP contribution in [0.4, 0.5) is 0 Å². The van der Waals surface area contributed by atoms with E-state index >= 15 is 0 Å². The molecule has 0 bridgehead atoms. The van der Waals surface area contributed by atoms with Gasteiger partial charge in [-0.3, -0.25) is 4.79 Å². The van der Waals surface area contributed by atoms with Crippen LogP contribution >= 0.6 is 0 Å². The molecular weight excluding hydrogens is 252 g/mol. The molecule has 0 aliphatic carbocycles. The van der Waals surface area contributed by atoms with Gasteiger partial charge in [-0.05, 0) is 19.4 Å². The third kappa shape index (κ3) is 2.24. The Balaban J connectivity index is 1.97. The van der Waals surface area contributed by atoms with E-state index in [1.54, 1.807) is 11.9 Å². The number of ether oxygens (including phenoxy) is 1. The van der Waals surface area contributed by atoms with Crippen molar-refractivity contribution in [3.05, 3.63) is 35.9 Å². The van der Waals surface area contributed by atoms with E-state index in [1.807, 2.05) is 18.2 Å². The van der Waals surface area contributed by atoms with E-state index in [1.165, 1.54) is 0 Å². The molecule has 1 saturated heterocycles. The Morgan fingerprint density at radius 1 is 1.35 bits per heavy atom. The van der Waals surface area contributed by atoms with Gasteiger partial charge in [0, 0.05) is 25.0 Å². The van der Waals surface area contributed by atoms with Crippen molar-refractivity contribution in [3.63, 3.8) is 0 Å². The summed E-state index contributed by atoms with van der Waals surface area (Å²) in [7, 11) is 0. The van der Waals surface area contributed by atoms with E-state index in [2.05, 4.69) is 31.1 Å². The molecule has 2 aliphatic heterocycles. The first kappa shape index (κ1) is 13.3. The zero-order valence-electron chi connectivity index (χ0n) is 12.2. The predicted molar refractivity (Wildman–Crippen MR) is 77.3 cm³/mol. The fourth-order valence-electron chi connectivity index (χ4n) is 3.07. The fourth-order valence-corrected chi connectivity index (χ4v) is 3.07. The maximum Gasteiger partial charge on any atom is 0.240 e. The Labute approximate surface area is 119 Å². The summed E-state index contributed by atoms with van der Waals surface area (Å²) >= 11 is 0. The van der Waals surface area contributed by atoms with Gasteiger partial charge in [0.1, 0.15) is 0 Å². The van der Waals surface area contributed by atoms with Crippen molar-refractivity contribution in [1.29, 1.82) is 0 Å². The van der Waals surface area contributed by atoms with Crippen LogP contribution in [-0.4, -0.2) is 28.8 Å². The van der Waals surface area contributed by atoms with Crippen molar-refractivity contribution >= 4 is 11.6 Å². The minimum absolute atomic E-state index is 0.0152. The van der Waals surface area contributed by atoms with Crippen LogP contribution in [0, 0.1) is 5.92 Å². The van der Waals surface area contributed by atoms with Crippen molar-refractivity contribution in [2.75, 3.05) is 6.61 Å². The molecule has 106 valence electrons. The Morgan fingerprint density at radius 2 is 2.05 bits per heavy atom. The molecule has 0 saturated carbocycles. The smallest absolute Gasteiger partial charge is 0.240 e. The molecule has 1 aromatic rings. The minimum atomic E-state index is -0.191. The van der Waals surface area contributed by atoms with Gasteiger partial charge in [0.15, 0.2) is 0 Å². The molecule has 0 spiro atoms. The van der Waals surface area contributed by atoms with Crippen molar-refractivity contribution in [1.82, 2.24) is 5.01 Å². The van der Waals surface area contributed by atoms with E-state index in [0.717, 1.165) is 17.7 Å². The normalized spacial score (nSPS) is 27.9. The summed E-state index contributed by atoms with van der Waals surface area (Å²) in [5.41, 5.74) is 2.02. The number of fused-ring (bicyclic) bond motifs is 1. The lowest BCUT2D eigenvalue weighted by molar-refractivity contribution is -0.131. The molecular formula is C16H20N2O2. The topological polar surface area (TPSA) is 41.9 Å². The van der Waals surface area contributed by atoms with Gasteiger partial charge in [-0.25, -0.2) is 5.01 Å². The summed E-state index contributed by atoms with van der Waals surface area (Å²) in [6.45, 7) is 6.33. The SMILES string of the molecule is CC(=O)N1N=C2CC(C)(C)OC[C@H]2[C@@H]1c1ccccc1. The van der Waals surface area contributed by atoms with Gasteiger partial charge >= 0.3 is 0 Å². The molecule has 1 amide bonds. The molecule has 3 rings (SSSR count). The second-order valence-electron chi connectivity index (χ2n) is 6.16. The molecule has 0 unspecified atom stereocenters. The third-order valence-electron chi connectivity index (χ3n) is 4.03. The monoisotopic (exact) mass is 272 g/mol. The zero-order valence-corrected chi connectivity index (χ0v) is 12.2. The molecule has 0 radical (unpaired) electrons. The Hall–Kier alpha value is -1.68. The molecule has 2 atom stereocenters. The lowest BCUT2D eigenvalue weighted by atomic mass is 9.83. The number of carbonyl (C=O) groups is 1. The van der Waals surface area contributed by atoms with Crippen molar-refractivity contribution in [2.45, 2.75) is 38.8 Å². The molecule has 2 heterocycles. The van der Waals surface area contributed by atoms with Crippen LogP contribution in [0.15, 0.2) is 35.4 Å². The average molecular weight is 272 g/mol. The first-order chi connectivity index (χ1) is 9.48. The van der Waals surface area contributed by atoms with E-state index in [0.29, 0.717) is 6.61 Å². The van der Waals surface area contributed by atoms with Crippen LogP contribution < -0.4 is 0 Å². The summed E-state index contributed by atoms with van der Waals surface area (Å²) in [6.07, 6.45) is 0.783. The molecule has 2 aliphatic rings. The predicted octanol–water partition coefficient (Wildman–Crippen LogP) is 2.76. The van der Waals surface area contributed by atoms with Gasteiger partial charge in [0.25, 0.3) is 0 Å². The third-order valence-corrected chi connectivity index (χ3v) is 4.03. The number of benzene rings is 1. The highest BCUT2D eigenvalue weighted by Gasteiger charge is 2.45. The number of carbonyl (C=O) groups excluding carboxylic acids is 1. The number of amides is 1. The number of hydrazone groups is 1. The van der Waals surface area contributed by atoms with E-state index < -0.39 is 0 Å². The Bertz CT molecular complexity index is 551. The minimum Gasteiger partial charge on any atom is -0.374 e. The molecule has 20 heavy (non-hydrogen) atoms. The molecule has 0 aromatic heterocycles. The first-order valence-electron chi connectivity index (χ1n) is 7.04. The summed E-state index contributed by atoms with van der Waals surface area (Å²) in [5.74, 6) is 0.160. The average Bonchev–Trinajstić information content (AvgIpc) is 2.77. The number of rotatable bonds is 1. The maximum absolute atomic E-state index is 11.9. The van der Waals surface area contributed by atoms with Crippen LogP contribution in [0.25, 0.3) is 0 Å².